The molecule has 1 amide bonds. The number of aromatic nitrogens is 4. The summed E-state index contributed by atoms with van der Waals surface area (Å²) in [6.07, 6.45) is 1.80. The van der Waals surface area contributed by atoms with Crippen molar-refractivity contribution in [1.82, 2.24) is 24.8 Å². The zero-order valence-corrected chi connectivity index (χ0v) is 20.3. The molecule has 4 N–H and O–H groups in total. The minimum atomic E-state index is -1.16. The molecule has 9 nitrogen and oxygen atoms in total. The average molecular weight is 501 g/mol. The fourth-order valence-electron chi connectivity index (χ4n) is 4.98. The highest BCUT2D eigenvalue weighted by atomic mass is 35.5. The second kappa shape index (κ2) is 8.82. The number of aliphatic hydroxyl groups is 2. The van der Waals surface area contributed by atoms with Gasteiger partial charge in [0.15, 0.2) is 17.0 Å². The Kier molecular flexibility index (Phi) is 5.98. The lowest BCUT2D eigenvalue weighted by Crippen LogP contribution is -2.41. The first-order chi connectivity index (χ1) is 16.4. The number of hydrogen-bond donors (Lipinski definition) is 4. The maximum absolute atomic E-state index is 12.5. The van der Waals surface area contributed by atoms with Crippen LogP contribution in [0, 0.1) is 23.2 Å². The molecule has 34 heavy (non-hydrogen) atoms. The van der Waals surface area contributed by atoms with Gasteiger partial charge in [0.05, 0.1) is 33.1 Å². The largest absolute Gasteiger partial charge is 0.389 e. The zero-order chi connectivity index (χ0) is 24.0. The summed E-state index contributed by atoms with van der Waals surface area (Å²) in [5.74, 6) is 6.44. The van der Waals surface area contributed by atoms with E-state index in [1.807, 2.05) is 6.07 Å². The van der Waals surface area contributed by atoms with Gasteiger partial charge in [0, 0.05) is 19.5 Å². The molecule has 0 aromatic carbocycles. The van der Waals surface area contributed by atoms with E-state index in [1.54, 1.807) is 24.0 Å². The normalized spacial score (nSPS) is 27.2. The number of carbonyl (C=O) groups is 1. The molecular formula is C23H25ClN6O3S. The summed E-state index contributed by atoms with van der Waals surface area (Å²) >= 11 is 7.38. The van der Waals surface area contributed by atoms with Crippen molar-refractivity contribution < 1.29 is 15.0 Å². The van der Waals surface area contributed by atoms with E-state index in [9.17, 15) is 15.0 Å². The fourth-order valence-corrected chi connectivity index (χ4v) is 5.88. The summed E-state index contributed by atoms with van der Waals surface area (Å²) < 4.78 is 2.41. The number of thiophene rings is 1. The molecule has 0 aliphatic heterocycles. The van der Waals surface area contributed by atoms with Crippen molar-refractivity contribution in [3.05, 3.63) is 33.5 Å². The van der Waals surface area contributed by atoms with Crippen LogP contribution in [0.3, 0.4) is 0 Å². The molecule has 3 aromatic heterocycles. The standard InChI is InChI=1S/C23H25ClN6O3S/c1-3-4-9-26-20-16-21(29-15(28-20)8-6-12-5-7-14(24)34-12)30(11-27-16)17-13-10-23(13,22(33)25-2)19(32)18(17)31/h5,7,11,13,17-19,31-32H,3-4,9-10H2,1-2H3,(H,25,33)(H,26,28,29)/t13?,17-,18+,19+,23+/m1/s1. The molecule has 2 aliphatic rings. The third kappa shape index (κ3) is 3.64. The monoisotopic (exact) mass is 500 g/mol. The van der Waals surface area contributed by atoms with Crippen molar-refractivity contribution in [3.63, 3.8) is 0 Å². The Morgan fingerprint density at radius 2 is 2.18 bits per heavy atom. The number of nitrogens with zero attached hydrogens (tertiary/aromatic N) is 4. The van der Waals surface area contributed by atoms with E-state index in [0.717, 1.165) is 24.3 Å². The predicted molar refractivity (Wildman–Crippen MR) is 130 cm³/mol. The van der Waals surface area contributed by atoms with E-state index in [-0.39, 0.29) is 11.8 Å². The van der Waals surface area contributed by atoms with Gasteiger partial charge in [-0.25, -0.2) is 15.0 Å². The molecule has 0 radical (unpaired) electrons. The molecular weight excluding hydrogens is 476 g/mol. The molecule has 2 fully saturated rings. The maximum Gasteiger partial charge on any atom is 0.229 e. The number of fused-ring (bicyclic) bond motifs is 2. The first kappa shape index (κ1) is 23.1. The van der Waals surface area contributed by atoms with Gasteiger partial charge < -0.3 is 25.4 Å². The minimum Gasteiger partial charge on any atom is -0.389 e. The van der Waals surface area contributed by atoms with E-state index in [2.05, 4.69) is 44.4 Å². The Balaban J connectivity index is 1.57. The van der Waals surface area contributed by atoms with E-state index in [0.29, 0.717) is 33.6 Å². The maximum atomic E-state index is 12.5. The Morgan fingerprint density at radius 1 is 1.35 bits per heavy atom. The van der Waals surface area contributed by atoms with Crippen molar-refractivity contribution in [2.75, 3.05) is 18.9 Å². The van der Waals surface area contributed by atoms with Crippen LogP contribution >= 0.6 is 22.9 Å². The van der Waals surface area contributed by atoms with Crippen molar-refractivity contribution >= 4 is 45.8 Å². The Bertz CT molecular complexity index is 1310. The lowest BCUT2D eigenvalue weighted by Gasteiger charge is -2.23. The number of carbonyl (C=O) groups excluding carboxylic acids is 1. The lowest BCUT2D eigenvalue weighted by atomic mass is 9.98. The smallest absolute Gasteiger partial charge is 0.229 e. The van der Waals surface area contributed by atoms with Crippen LogP contribution in [-0.2, 0) is 4.79 Å². The number of anilines is 1. The van der Waals surface area contributed by atoms with Crippen LogP contribution < -0.4 is 10.6 Å². The molecule has 0 bridgehead atoms. The Labute approximate surface area is 205 Å². The predicted octanol–water partition coefficient (Wildman–Crippen LogP) is 2.18. The summed E-state index contributed by atoms with van der Waals surface area (Å²) in [4.78, 5) is 27.1. The number of hydrogen-bond acceptors (Lipinski definition) is 8. The van der Waals surface area contributed by atoms with Gasteiger partial charge in [-0.15, -0.1) is 11.3 Å². The third-order valence-corrected chi connectivity index (χ3v) is 7.91. The molecule has 0 saturated heterocycles. The van der Waals surface area contributed by atoms with Crippen LogP contribution in [0.5, 0.6) is 0 Å². The molecule has 0 spiro atoms. The second-order valence-corrected chi connectivity index (χ2v) is 10.4. The number of aliphatic hydroxyl groups excluding tert-OH is 2. The van der Waals surface area contributed by atoms with Crippen molar-refractivity contribution in [1.29, 1.82) is 0 Å². The molecule has 2 saturated carbocycles. The number of halogens is 1. The summed E-state index contributed by atoms with van der Waals surface area (Å²) in [6.45, 7) is 2.83. The van der Waals surface area contributed by atoms with Crippen LogP contribution in [0.1, 0.15) is 42.9 Å². The molecule has 5 rings (SSSR count). The van der Waals surface area contributed by atoms with Gasteiger partial charge in [-0.2, -0.15) is 0 Å². The second-order valence-electron chi connectivity index (χ2n) is 8.71. The quantitative estimate of drug-likeness (QED) is 0.302. The first-order valence-corrected chi connectivity index (χ1v) is 12.4. The third-order valence-electron chi connectivity index (χ3n) is 6.76. The topological polar surface area (TPSA) is 125 Å². The molecule has 3 heterocycles. The van der Waals surface area contributed by atoms with Crippen LogP contribution in [0.4, 0.5) is 5.82 Å². The summed E-state index contributed by atoms with van der Waals surface area (Å²) in [5, 5.41) is 27.6. The van der Waals surface area contributed by atoms with E-state index < -0.39 is 23.7 Å². The number of nitrogens with one attached hydrogen (secondary N) is 2. The molecule has 178 valence electrons. The van der Waals surface area contributed by atoms with Crippen LogP contribution in [-0.4, -0.2) is 61.4 Å². The average Bonchev–Trinajstić information content (AvgIpc) is 3.07. The summed E-state index contributed by atoms with van der Waals surface area (Å²) in [5.41, 5.74) is 0.0742. The highest BCUT2D eigenvalue weighted by Gasteiger charge is 2.75. The minimum absolute atomic E-state index is 0.218. The van der Waals surface area contributed by atoms with E-state index in [1.165, 1.54) is 11.3 Å². The number of rotatable bonds is 6. The summed E-state index contributed by atoms with van der Waals surface area (Å²) in [7, 11) is 1.54. The Hall–Kier alpha value is -2.71. The molecule has 2 aliphatic carbocycles. The Morgan fingerprint density at radius 3 is 2.88 bits per heavy atom. The van der Waals surface area contributed by atoms with E-state index in [4.69, 9.17) is 11.6 Å². The fraction of sp³-hybridized carbons (Fsp3) is 0.478. The lowest BCUT2D eigenvalue weighted by molar-refractivity contribution is -0.132. The molecule has 11 heteroatoms. The van der Waals surface area contributed by atoms with Crippen LogP contribution in [0.15, 0.2) is 18.5 Å². The molecule has 3 aromatic rings. The van der Waals surface area contributed by atoms with Gasteiger partial charge in [0.1, 0.15) is 6.10 Å². The van der Waals surface area contributed by atoms with Crippen LogP contribution in [0.25, 0.3) is 11.2 Å². The van der Waals surface area contributed by atoms with Gasteiger partial charge in [-0.05, 0) is 36.8 Å². The van der Waals surface area contributed by atoms with Gasteiger partial charge in [0.2, 0.25) is 11.7 Å². The van der Waals surface area contributed by atoms with Crippen LogP contribution in [0.2, 0.25) is 4.34 Å². The molecule has 5 atom stereocenters. The number of unbranched alkanes of at least 4 members (excludes halogenated alkanes) is 1. The van der Waals surface area contributed by atoms with Crippen molar-refractivity contribution in [2.45, 2.75) is 44.4 Å². The first-order valence-electron chi connectivity index (χ1n) is 11.2. The van der Waals surface area contributed by atoms with Gasteiger partial charge in [0.25, 0.3) is 0 Å². The number of imidazole rings is 1. The SMILES string of the molecule is CCCCNc1nc(C#Cc2ccc(Cl)s2)nc2c1ncn2[C@@H]1C2C[C@@]2(C(=O)NC)[C@@H](O)[C@H]1O. The van der Waals surface area contributed by atoms with Gasteiger partial charge >= 0.3 is 0 Å². The highest BCUT2D eigenvalue weighted by molar-refractivity contribution is 7.16. The van der Waals surface area contributed by atoms with Gasteiger partial charge in [-0.3, -0.25) is 4.79 Å². The van der Waals surface area contributed by atoms with Gasteiger partial charge in [-0.1, -0.05) is 24.9 Å². The molecule has 1 unspecified atom stereocenters. The highest BCUT2D eigenvalue weighted by Crippen LogP contribution is 2.67. The zero-order valence-electron chi connectivity index (χ0n) is 18.7. The van der Waals surface area contributed by atoms with E-state index >= 15 is 0 Å². The van der Waals surface area contributed by atoms with Crippen molar-refractivity contribution in [2.24, 2.45) is 11.3 Å². The van der Waals surface area contributed by atoms with Crippen molar-refractivity contribution in [3.8, 4) is 11.8 Å². The number of amides is 1. The summed E-state index contributed by atoms with van der Waals surface area (Å²) in [6, 6.07) is 3.09.